The fourth-order valence-electron chi connectivity index (χ4n) is 3.15. The molecular formula is C23H20N4O3. The Hall–Kier alpha value is -4.00. The van der Waals surface area contributed by atoms with Gasteiger partial charge in [-0.3, -0.25) is 9.59 Å². The van der Waals surface area contributed by atoms with Gasteiger partial charge < -0.3 is 10.4 Å². The highest BCUT2D eigenvalue weighted by Gasteiger charge is 2.16. The molecule has 4 aromatic rings. The molecule has 0 atom stereocenters. The zero-order valence-electron chi connectivity index (χ0n) is 16.4. The van der Waals surface area contributed by atoms with Crippen molar-refractivity contribution in [1.82, 2.24) is 19.9 Å². The number of amides is 1. The fraction of sp³-hybridized carbons (Fsp3) is 0.130. The Bertz CT molecular complexity index is 1310. The first-order valence-corrected chi connectivity index (χ1v) is 9.54. The van der Waals surface area contributed by atoms with Crippen LogP contribution in [0, 0.1) is 6.92 Å². The number of fused-ring (bicyclic) bond motifs is 1. The lowest BCUT2D eigenvalue weighted by molar-refractivity contribution is 0.0955. The van der Waals surface area contributed by atoms with Crippen LogP contribution in [-0.2, 0) is 6.42 Å². The number of aromatic nitrogens is 3. The average molecular weight is 400 g/mol. The van der Waals surface area contributed by atoms with E-state index in [0.717, 1.165) is 10.1 Å². The molecule has 2 aromatic carbocycles. The van der Waals surface area contributed by atoms with Crippen molar-refractivity contribution in [3.8, 4) is 0 Å². The van der Waals surface area contributed by atoms with Crippen molar-refractivity contribution in [1.29, 1.82) is 0 Å². The number of hydrogen-bond donors (Lipinski definition) is 2. The van der Waals surface area contributed by atoms with Crippen molar-refractivity contribution in [2.45, 2.75) is 13.3 Å². The van der Waals surface area contributed by atoms with Gasteiger partial charge in [-0.15, -0.1) is 0 Å². The summed E-state index contributed by atoms with van der Waals surface area (Å²) in [6.45, 7) is 2.47. The van der Waals surface area contributed by atoms with Crippen LogP contribution in [0.15, 0.2) is 71.8 Å². The first-order valence-electron chi connectivity index (χ1n) is 9.54. The molecule has 2 N–H and O–H groups in total. The highest BCUT2D eigenvalue weighted by molar-refractivity contribution is 5.99. The summed E-state index contributed by atoms with van der Waals surface area (Å²) in [5, 5.41) is 17.3. The Kier molecular flexibility index (Phi) is 5.26. The third-order valence-electron chi connectivity index (χ3n) is 4.85. The van der Waals surface area contributed by atoms with Gasteiger partial charge in [0.15, 0.2) is 5.65 Å². The molecule has 30 heavy (non-hydrogen) atoms. The van der Waals surface area contributed by atoms with E-state index in [1.165, 1.54) is 18.0 Å². The maximum absolute atomic E-state index is 12.8. The lowest BCUT2D eigenvalue weighted by Gasteiger charge is -2.05. The summed E-state index contributed by atoms with van der Waals surface area (Å²) in [6.07, 6.45) is 3.27. The van der Waals surface area contributed by atoms with E-state index >= 15 is 0 Å². The summed E-state index contributed by atoms with van der Waals surface area (Å²) in [4.78, 5) is 29.5. The minimum Gasteiger partial charge on any atom is -0.506 e. The highest BCUT2D eigenvalue weighted by Crippen LogP contribution is 2.08. The Labute approximate surface area is 172 Å². The van der Waals surface area contributed by atoms with E-state index in [9.17, 15) is 14.7 Å². The van der Waals surface area contributed by atoms with Crippen LogP contribution in [0.5, 0.6) is 0 Å². The first-order chi connectivity index (χ1) is 14.5. The van der Waals surface area contributed by atoms with E-state index in [0.29, 0.717) is 18.5 Å². The van der Waals surface area contributed by atoms with Crippen LogP contribution in [0.2, 0.25) is 0 Å². The second-order valence-corrected chi connectivity index (χ2v) is 6.98. The molecule has 2 heterocycles. The topological polar surface area (TPSA) is 96.6 Å². The summed E-state index contributed by atoms with van der Waals surface area (Å²) in [7, 11) is 0. The van der Waals surface area contributed by atoms with E-state index < -0.39 is 5.56 Å². The SMILES string of the molecule is Cc1ccc(CCNC(=O)c2cnn3c(=O)/c(=C(\O)c4ccccc4)cnc23)cc1. The standard InChI is InChI=1S/C23H20N4O3/c1-15-7-9-16(10-8-15)11-12-24-22(29)19-14-26-27-21(19)25-13-18(23(27)30)20(28)17-5-3-2-4-6-17/h2-10,13-14,28H,11-12H2,1H3,(H,24,29)/b20-18-. The Morgan fingerprint density at radius 1 is 1.07 bits per heavy atom. The van der Waals surface area contributed by atoms with Crippen LogP contribution in [0.4, 0.5) is 0 Å². The second-order valence-electron chi connectivity index (χ2n) is 6.98. The molecule has 0 unspecified atom stereocenters. The molecule has 0 aliphatic rings. The number of nitrogens with zero attached hydrogens (tertiary/aromatic N) is 3. The minimum absolute atomic E-state index is 0.0168. The fourth-order valence-corrected chi connectivity index (χ4v) is 3.15. The van der Waals surface area contributed by atoms with Gasteiger partial charge in [0.2, 0.25) is 0 Å². The third-order valence-corrected chi connectivity index (χ3v) is 4.85. The van der Waals surface area contributed by atoms with Gasteiger partial charge in [-0.2, -0.15) is 9.61 Å². The van der Waals surface area contributed by atoms with E-state index in [-0.39, 0.29) is 28.1 Å². The largest absolute Gasteiger partial charge is 0.506 e. The van der Waals surface area contributed by atoms with Crippen LogP contribution < -0.4 is 16.1 Å². The van der Waals surface area contributed by atoms with Crippen molar-refractivity contribution >= 4 is 17.3 Å². The van der Waals surface area contributed by atoms with Crippen molar-refractivity contribution in [2.75, 3.05) is 6.54 Å². The second kappa shape index (κ2) is 8.16. The molecule has 150 valence electrons. The van der Waals surface area contributed by atoms with E-state index in [1.54, 1.807) is 24.3 Å². The number of carbonyl (C=O) groups excluding carboxylic acids is 1. The summed E-state index contributed by atoms with van der Waals surface area (Å²) in [5.41, 5.74) is 2.62. The van der Waals surface area contributed by atoms with Gasteiger partial charge in [-0.05, 0) is 18.9 Å². The van der Waals surface area contributed by atoms with Crippen LogP contribution in [0.1, 0.15) is 27.0 Å². The molecule has 0 bridgehead atoms. The summed E-state index contributed by atoms with van der Waals surface area (Å²) >= 11 is 0. The third kappa shape index (κ3) is 3.77. The normalized spacial score (nSPS) is 12.0. The van der Waals surface area contributed by atoms with Crippen LogP contribution in [0.25, 0.3) is 11.4 Å². The van der Waals surface area contributed by atoms with Crippen LogP contribution >= 0.6 is 0 Å². The van der Waals surface area contributed by atoms with Gasteiger partial charge in [-0.25, -0.2) is 4.98 Å². The highest BCUT2D eigenvalue weighted by atomic mass is 16.3. The number of carbonyl (C=O) groups is 1. The zero-order chi connectivity index (χ0) is 21.1. The Morgan fingerprint density at radius 2 is 1.80 bits per heavy atom. The molecule has 7 heteroatoms. The number of nitrogens with one attached hydrogen (secondary N) is 1. The smallest absolute Gasteiger partial charge is 0.285 e. The molecule has 0 aliphatic heterocycles. The predicted molar refractivity (Wildman–Crippen MR) is 113 cm³/mol. The van der Waals surface area contributed by atoms with Gasteiger partial charge in [0.05, 0.1) is 6.20 Å². The lowest BCUT2D eigenvalue weighted by atomic mass is 10.1. The average Bonchev–Trinajstić information content (AvgIpc) is 3.21. The molecule has 0 saturated carbocycles. The number of rotatable bonds is 5. The molecule has 0 spiro atoms. The van der Waals surface area contributed by atoms with Crippen LogP contribution in [0.3, 0.4) is 0 Å². The number of aliphatic hydroxyl groups is 1. The van der Waals surface area contributed by atoms with Crippen molar-refractivity contribution < 1.29 is 9.90 Å². The molecule has 0 aliphatic carbocycles. The Morgan fingerprint density at radius 3 is 2.53 bits per heavy atom. The van der Waals surface area contributed by atoms with Gasteiger partial charge in [0, 0.05) is 18.3 Å². The van der Waals surface area contributed by atoms with Crippen LogP contribution in [-0.4, -0.2) is 32.2 Å². The minimum atomic E-state index is -0.542. The van der Waals surface area contributed by atoms with E-state index in [2.05, 4.69) is 15.4 Å². The molecule has 7 nitrogen and oxygen atoms in total. The first kappa shape index (κ1) is 19.3. The van der Waals surface area contributed by atoms with Crippen molar-refractivity contribution in [3.05, 3.63) is 105 Å². The van der Waals surface area contributed by atoms with Gasteiger partial charge in [0.1, 0.15) is 16.5 Å². The molecule has 4 rings (SSSR count). The number of hydrogen-bond acceptors (Lipinski definition) is 5. The predicted octanol–water partition coefficient (Wildman–Crippen LogP) is 1.80. The molecule has 1 amide bonds. The Balaban J connectivity index is 1.57. The summed E-state index contributed by atoms with van der Waals surface area (Å²) in [6, 6.07) is 16.8. The van der Waals surface area contributed by atoms with Gasteiger partial charge in [0.25, 0.3) is 11.5 Å². The van der Waals surface area contributed by atoms with Crippen molar-refractivity contribution in [2.24, 2.45) is 0 Å². The van der Waals surface area contributed by atoms with Gasteiger partial charge >= 0.3 is 0 Å². The maximum atomic E-state index is 12.8. The van der Waals surface area contributed by atoms with Crippen molar-refractivity contribution in [3.63, 3.8) is 0 Å². The molecule has 0 saturated heterocycles. The summed E-state index contributed by atoms with van der Waals surface area (Å²) in [5.74, 6) is -0.539. The summed E-state index contributed by atoms with van der Waals surface area (Å²) < 4.78 is 1.03. The number of aliphatic hydroxyl groups excluding tert-OH is 1. The van der Waals surface area contributed by atoms with E-state index in [1.807, 2.05) is 37.3 Å². The zero-order valence-corrected chi connectivity index (χ0v) is 16.4. The monoisotopic (exact) mass is 400 g/mol. The maximum Gasteiger partial charge on any atom is 0.285 e. The number of aryl methyl sites for hydroxylation is 1. The quantitative estimate of drug-likeness (QED) is 0.533. The van der Waals surface area contributed by atoms with E-state index in [4.69, 9.17) is 0 Å². The molecule has 2 aromatic heterocycles. The molecular weight excluding hydrogens is 380 g/mol. The lowest BCUT2D eigenvalue weighted by Crippen LogP contribution is -2.34. The molecule has 0 radical (unpaired) electrons. The molecule has 0 fully saturated rings. The number of benzene rings is 2. The van der Waals surface area contributed by atoms with Gasteiger partial charge in [-0.1, -0.05) is 60.2 Å².